The minimum atomic E-state index is -3.45. The van der Waals surface area contributed by atoms with Crippen LogP contribution in [0.5, 0.6) is 0 Å². The van der Waals surface area contributed by atoms with Gasteiger partial charge in [-0.2, -0.15) is 12.7 Å². The predicted octanol–water partition coefficient (Wildman–Crippen LogP) is -0.525. The number of aliphatic hydroxyl groups is 1. The molecule has 0 spiro atoms. The predicted molar refractivity (Wildman–Crippen MR) is 69.0 cm³/mol. The first-order valence-corrected chi connectivity index (χ1v) is 7.06. The van der Waals surface area contributed by atoms with E-state index in [4.69, 9.17) is 5.11 Å². The minimum absolute atomic E-state index is 0.0109. The van der Waals surface area contributed by atoms with Gasteiger partial charge in [-0.15, -0.1) is 0 Å². The molecule has 17 heavy (non-hydrogen) atoms. The molecule has 0 saturated carbocycles. The molecule has 0 aromatic carbocycles. The Kier molecular flexibility index (Phi) is 6.57. The fraction of sp³-hybridized carbons (Fsp3) is 1.00. The summed E-state index contributed by atoms with van der Waals surface area (Å²) in [7, 11) is 1.86. The molecule has 0 heterocycles. The van der Waals surface area contributed by atoms with Gasteiger partial charge in [0.2, 0.25) is 0 Å². The number of rotatable bonds is 8. The van der Waals surface area contributed by atoms with Crippen LogP contribution in [-0.4, -0.2) is 69.1 Å². The summed E-state index contributed by atoms with van der Waals surface area (Å²) >= 11 is 0. The Morgan fingerprint density at radius 2 is 1.76 bits per heavy atom. The third-order valence-corrected chi connectivity index (χ3v) is 4.45. The third-order valence-electron chi connectivity index (χ3n) is 2.94. The normalized spacial score (nSPS) is 13.6. The van der Waals surface area contributed by atoms with Crippen LogP contribution in [0.2, 0.25) is 0 Å². The Morgan fingerprint density at radius 3 is 2.18 bits per heavy atom. The van der Waals surface area contributed by atoms with E-state index in [1.54, 1.807) is 0 Å². The van der Waals surface area contributed by atoms with Crippen molar-refractivity contribution in [2.45, 2.75) is 25.8 Å². The lowest BCUT2D eigenvalue weighted by Crippen LogP contribution is -2.50. The summed E-state index contributed by atoms with van der Waals surface area (Å²) in [4.78, 5) is 1.96. The first-order chi connectivity index (χ1) is 7.63. The molecular weight excluding hydrogens is 242 g/mol. The molecule has 0 bridgehead atoms. The number of nitrogens with zero attached hydrogens (tertiary/aromatic N) is 2. The van der Waals surface area contributed by atoms with Crippen molar-refractivity contribution in [3.63, 3.8) is 0 Å². The molecular formula is C10H25N3O3S. The Balaban J connectivity index is 4.37. The highest BCUT2D eigenvalue weighted by Crippen LogP contribution is 2.09. The van der Waals surface area contributed by atoms with E-state index in [1.165, 1.54) is 11.4 Å². The van der Waals surface area contributed by atoms with Crippen LogP contribution in [0.15, 0.2) is 0 Å². The summed E-state index contributed by atoms with van der Waals surface area (Å²) in [6, 6.07) is 0. The quantitative estimate of drug-likeness (QED) is 0.620. The topological polar surface area (TPSA) is 72.9 Å². The highest BCUT2D eigenvalue weighted by molar-refractivity contribution is 7.87. The van der Waals surface area contributed by atoms with Crippen molar-refractivity contribution in [2.75, 3.05) is 40.8 Å². The van der Waals surface area contributed by atoms with Gasteiger partial charge in [0.1, 0.15) is 0 Å². The second-order valence-electron chi connectivity index (χ2n) is 4.93. The van der Waals surface area contributed by atoms with Crippen molar-refractivity contribution in [1.82, 2.24) is 13.9 Å². The second-order valence-corrected chi connectivity index (χ2v) is 6.79. The maximum Gasteiger partial charge on any atom is 0.279 e. The van der Waals surface area contributed by atoms with Gasteiger partial charge in [-0.1, -0.05) is 0 Å². The molecule has 0 aromatic rings. The van der Waals surface area contributed by atoms with E-state index in [9.17, 15) is 8.42 Å². The van der Waals surface area contributed by atoms with Gasteiger partial charge in [-0.05, 0) is 34.4 Å². The lowest BCUT2D eigenvalue weighted by Gasteiger charge is -2.33. The minimum Gasteiger partial charge on any atom is -0.396 e. The zero-order valence-electron chi connectivity index (χ0n) is 11.4. The maximum absolute atomic E-state index is 11.8. The molecule has 0 rings (SSSR count). The van der Waals surface area contributed by atoms with Crippen LogP contribution in [0.1, 0.15) is 20.3 Å². The molecule has 0 aromatic heterocycles. The average molecular weight is 267 g/mol. The lowest BCUT2D eigenvalue weighted by atomic mass is 10.1. The molecule has 2 N–H and O–H groups in total. The molecule has 0 atom stereocenters. The third kappa shape index (κ3) is 5.78. The van der Waals surface area contributed by atoms with Gasteiger partial charge in [-0.25, -0.2) is 4.72 Å². The zero-order chi connectivity index (χ0) is 13.7. The van der Waals surface area contributed by atoms with Crippen LogP contribution in [0, 0.1) is 0 Å². The van der Waals surface area contributed by atoms with E-state index in [1.807, 2.05) is 32.8 Å². The smallest absolute Gasteiger partial charge is 0.279 e. The van der Waals surface area contributed by atoms with Crippen LogP contribution in [0.25, 0.3) is 0 Å². The molecule has 6 nitrogen and oxygen atoms in total. The fourth-order valence-electron chi connectivity index (χ4n) is 0.950. The number of aliphatic hydroxyl groups excluding tert-OH is 1. The SMILES string of the molecule is CN(C)C(C)(C)CNS(=O)(=O)N(C)CCCO. The highest BCUT2D eigenvalue weighted by atomic mass is 32.2. The molecule has 104 valence electrons. The summed E-state index contributed by atoms with van der Waals surface area (Å²) in [6.07, 6.45) is 0.439. The standard InChI is InChI=1S/C10H25N3O3S/c1-10(2,12(3)4)9-11-17(15,16)13(5)7-6-8-14/h11,14H,6-9H2,1-5H3. The van der Waals surface area contributed by atoms with E-state index in [0.717, 1.165) is 0 Å². The maximum atomic E-state index is 11.8. The molecule has 0 saturated heterocycles. The van der Waals surface area contributed by atoms with E-state index >= 15 is 0 Å². The van der Waals surface area contributed by atoms with E-state index in [0.29, 0.717) is 19.5 Å². The van der Waals surface area contributed by atoms with Gasteiger partial charge in [0, 0.05) is 32.3 Å². The van der Waals surface area contributed by atoms with Crippen LogP contribution in [-0.2, 0) is 10.2 Å². The average Bonchev–Trinajstić information content (AvgIpc) is 2.23. The second kappa shape index (κ2) is 6.65. The van der Waals surface area contributed by atoms with Gasteiger partial charge in [0.15, 0.2) is 0 Å². The van der Waals surface area contributed by atoms with Crippen molar-refractivity contribution in [3.8, 4) is 0 Å². The fourth-order valence-corrected chi connectivity index (χ4v) is 2.08. The van der Waals surface area contributed by atoms with E-state index < -0.39 is 10.2 Å². The van der Waals surface area contributed by atoms with Crippen LogP contribution < -0.4 is 4.72 Å². The van der Waals surface area contributed by atoms with Gasteiger partial charge >= 0.3 is 0 Å². The molecule has 0 fully saturated rings. The lowest BCUT2D eigenvalue weighted by molar-refractivity contribution is 0.197. The summed E-state index contributed by atoms with van der Waals surface area (Å²) in [6.45, 7) is 4.57. The van der Waals surface area contributed by atoms with Gasteiger partial charge in [0.05, 0.1) is 0 Å². The van der Waals surface area contributed by atoms with Crippen LogP contribution in [0.3, 0.4) is 0 Å². The number of hydrogen-bond donors (Lipinski definition) is 2. The summed E-state index contributed by atoms with van der Waals surface area (Å²) < 4.78 is 27.4. The van der Waals surface area contributed by atoms with Crippen LogP contribution >= 0.6 is 0 Å². The van der Waals surface area contributed by atoms with Gasteiger partial charge in [0.25, 0.3) is 10.2 Å². The molecule has 0 aliphatic heterocycles. The van der Waals surface area contributed by atoms with E-state index in [2.05, 4.69) is 4.72 Å². The summed E-state index contributed by atoms with van der Waals surface area (Å²) in [5.74, 6) is 0. The molecule has 0 unspecified atom stereocenters. The Labute approximate surface area is 105 Å². The number of hydrogen-bond acceptors (Lipinski definition) is 4. The van der Waals surface area contributed by atoms with Crippen molar-refractivity contribution in [2.24, 2.45) is 0 Å². The Morgan fingerprint density at radius 1 is 1.24 bits per heavy atom. The van der Waals surface area contributed by atoms with Crippen molar-refractivity contribution >= 4 is 10.2 Å². The summed E-state index contributed by atoms with van der Waals surface area (Å²) in [5, 5.41) is 8.66. The zero-order valence-corrected chi connectivity index (χ0v) is 12.2. The van der Waals surface area contributed by atoms with Crippen molar-refractivity contribution < 1.29 is 13.5 Å². The van der Waals surface area contributed by atoms with Crippen molar-refractivity contribution in [3.05, 3.63) is 0 Å². The Bertz CT molecular complexity index is 315. The highest BCUT2D eigenvalue weighted by Gasteiger charge is 2.25. The first-order valence-electron chi connectivity index (χ1n) is 5.62. The Hall–Kier alpha value is -0.210. The van der Waals surface area contributed by atoms with Gasteiger partial charge in [-0.3, -0.25) is 0 Å². The van der Waals surface area contributed by atoms with Crippen LogP contribution in [0.4, 0.5) is 0 Å². The molecule has 0 aliphatic rings. The van der Waals surface area contributed by atoms with Gasteiger partial charge < -0.3 is 10.0 Å². The molecule has 0 aliphatic carbocycles. The molecule has 0 radical (unpaired) electrons. The molecule has 0 amide bonds. The first kappa shape index (κ1) is 16.8. The molecule has 7 heteroatoms. The number of likely N-dealkylation sites (N-methyl/N-ethyl adjacent to an activating group) is 1. The largest absolute Gasteiger partial charge is 0.396 e. The summed E-state index contributed by atoms with van der Waals surface area (Å²) in [5.41, 5.74) is -0.245. The van der Waals surface area contributed by atoms with E-state index in [-0.39, 0.29) is 12.1 Å². The number of nitrogens with one attached hydrogen (secondary N) is 1. The monoisotopic (exact) mass is 267 g/mol. The van der Waals surface area contributed by atoms with Crippen molar-refractivity contribution in [1.29, 1.82) is 0 Å².